The Balaban J connectivity index is 1.69. The third kappa shape index (κ3) is 6.25. The molecule has 0 fully saturated rings. The fourth-order valence-electron chi connectivity index (χ4n) is 3.60. The molecule has 1 N–H and O–H groups in total. The van der Waals surface area contributed by atoms with Crippen molar-refractivity contribution in [2.45, 2.75) is 6.42 Å². The van der Waals surface area contributed by atoms with Gasteiger partial charge in [0.2, 0.25) is 0 Å². The number of amides is 1. The smallest absolute Gasteiger partial charge is 0.315 e. The lowest BCUT2D eigenvalue weighted by molar-refractivity contribution is -0.133. The molecule has 0 aliphatic heterocycles. The van der Waals surface area contributed by atoms with Gasteiger partial charge < -0.3 is 14.8 Å². The van der Waals surface area contributed by atoms with Crippen molar-refractivity contribution in [3.8, 4) is 22.6 Å². The van der Waals surface area contributed by atoms with E-state index in [9.17, 15) is 18.4 Å². The molecule has 0 unspecified atom stereocenters. The largest absolute Gasteiger partial charge is 0.495 e. The van der Waals surface area contributed by atoms with E-state index in [-0.39, 0.29) is 28.9 Å². The highest BCUT2D eigenvalue weighted by molar-refractivity contribution is 6.35. The molecule has 0 spiro atoms. The number of rotatable bonds is 7. The topological polar surface area (TPSA) is 64.6 Å². The maximum Gasteiger partial charge on any atom is 0.315 e. The first-order valence-corrected chi connectivity index (χ1v) is 11.7. The number of anilines is 1. The summed E-state index contributed by atoms with van der Waals surface area (Å²) in [5.41, 5.74) is 1.16. The summed E-state index contributed by atoms with van der Waals surface area (Å²) in [7, 11) is 1.46. The molecule has 0 bridgehead atoms. The molecule has 9 heteroatoms. The predicted octanol–water partition coefficient (Wildman–Crippen LogP) is 7.35. The Morgan fingerprint density at radius 3 is 2.41 bits per heavy atom. The molecule has 4 aromatic rings. The monoisotopic (exact) mass is 541 g/mol. The molecule has 0 saturated carbocycles. The van der Waals surface area contributed by atoms with E-state index in [1.807, 2.05) is 0 Å². The zero-order valence-electron chi connectivity index (χ0n) is 19.4. The molecule has 0 aliphatic carbocycles. The number of benzene rings is 4. The number of methoxy groups -OCH3 is 1. The van der Waals surface area contributed by atoms with Gasteiger partial charge in [0.25, 0.3) is 5.91 Å². The maximum absolute atomic E-state index is 14.5. The number of hydrogen-bond donors (Lipinski definition) is 1. The van der Waals surface area contributed by atoms with Crippen molar-refractivity contribution < 1.29 is 27.8 Å². The fourth-order valence-corrected chi connectivity index (χ4v) is 4.08. The molecule has 0 aliphatic rings. The van der Waals surface area contributed by atoms with Gasteiger partial charge in [0, 0.05) is 21.7 Å². The number of ether oxygens (including phenoxy) is 2. The van der Waals surface area contributed by atoms with Gasteiger partial charge in [-0.1, -0.05) is 47.5 Å². The average Bonchev–Trinajstić information content (AvgIpc) is 2.86. The number of esters is 1. The lowest BCUT2D eigenvalue weighted by atomic mass is 10.0. The van der Waals surface area contributed by atoms with Gasteiger partial charge in [-0.25, -0.2) is 8.78 Å². The normalized spacial score (nSPS) is 10.6. The van der Waals surface area contributed by atoms with Crippen molar-refractivity contribution in [1.29, 1.82) is 0 Å². The second kappa shape index (κ2) is 11.4. The number of para-hydroxylation sites is 2. The van der Waals surface area contributed by atoms with Crippen LogP contribution < -0.4 is 14.8 Å². The van der Waals surface area contributed by atoms with Crippen LogP contribution in [-0.2, 0) is 11.2 Å². The molecule has 4 aromatic carbocycles. The van der Waals surface area contributed by atoms with Crippen LogP contribution in [0.1, 0.15) is 15.9 Å². The molecule has 0 heterocycles. The molecule has 188 valence electrons. The number of hydrogen-bond acceptors (Lipinski definition) is 4. The second-order valence-electron chi connectivity index (χ2n) is 7.88. The molecule has 0 radical (unpaired) electrons. The summed E-state index contributed by atoms with van der Waals surface area (Å²) in [6.07, 6.45) is -0.183. The molecule has 5 nitrogen and oxygen atoms in total. The Morgan fingerprint density at radius 2 is 1.68 bits per heavy atom. The van der Waals surface area contributed by atoms with Gasteiger partial charge >= 0.3 is 5.97 Å². The van der Waals surface area contributed by atoms with Crippen LogP contribution in [0.3, 0.4) is 0 Å². The Morgan fingerprint density at radius 1 is 0.892 bits per heavy atom. The lowest BCUT2D eigenvalue weighted by Crippen LogP contribution is -2.18. The van der Waals surface area contributed by atoms with Crippen molar-refractivity contribution in [2.24, 2.45) is 0 Å². The van der Waals surface area contributed by atoms with E-state index in [0.29, 0.717) is 27.0 Å². The van der Waals surface area contributed by atoms with E-state index in [0.717, 1.165) is 12.1 Å². The van der Waals surface area contributed by atoms with Crippen molar-refractivity contribution in [2.75, 3.05) is 12.4 Å². The Hall–Kier alpha value is -3.94. The Labute approximate surface area is 221 Å². The second-order valence-corrected chi connectivity index (χ2v) is 8.72. The highest BCUT2D eigenvalue weighted by Crippen LogP contribution is 2.31. The molecule has 1 amide bonds. The van der Waals surface area contributed by atoms with Gasteiger partial charge in [-0.3, -0.25) is 9.59 Å². The average molecular weight is 542 g/mol. The summed E-state index contributed by atoms with van der Waals surface area (Å²) < 4.78 is 38.7. The fraction of sp³-hybridized carbons (Fsp3) is 0.0714. The molecular weight excluding hydrogens is 523 g/mol. The van der Waals surface area contributed by atoms with Gasteiger partial charge in [-0.2, -0.15) is 0 Å². The molecule has 0 aromatic heterocycles. The first-order chi connectivity index (χ1) is 17.7. The number of carbonyl (C=O) groups is 2. The number of carbonyl (C=O) groups excluding carboxylic acids is 2. The summed E-state index contributed by atoms with van der Waals surface area (Å²) in [4.78, 5) is 26.0. The van der Waals surface area contributed by atoms with Crippen LogP contribution in [-0.4, -0.2) is 19.0 Å². The van der Waals surface area contributed by atoms with E-state index in [1.54, 1.807) is 36.4 Å². The van der Waals surface area contributed by atoms with Crippen molar-refractivity contribution in [1.82, 2.24) is 0 Å². The van der Waals surface area contributed by atoms with Crippen LogP contribution in [0.15, 0.2) is 78.9 Å². The highest BCUT2D eigenvalue weighted by Gasteiger charge is 2.20. The maximum atomic E-state index is 14.5. The van der Waals surface area contributed by atoms with Crippen LogP contribution in [0.5, 0.6) is 11.5 Å². The van der Waals surface area contributed by atoms with E-state index in [2.05, 4.69) is 5.32 Å². The SMILES string of the molecule is COc1ccccc1NC(=O)c1cc(-c2ccc(F)cc2F)ccc1OC(=O)Cc1ccc(Cl)cc1Cl. The van der Waals surface area contributed by atoms with Crippen molar-refractivity contribution in [3.63, 3.8) is 0 Å². The Kier molecular flexibility index (Phi) is 8.06. The third-order valence-corrected chi connectivity index (χ3v) is 5.98. The summed E-state index contributed by atoms with van der Waals surface area (Å²) in [6, 6.07) is 18.7. The molecule has 37 heavy (non-hydrogen) atoms. The van der Waals surface area contributed by atoms with Gasteiger partial charge in [0.05, 0.1) is 24.8 Å². The van der Waals surface area contributed by atoms with Crippen LogP contribution in [0, 0.1) is 11.6 Å². The third-order valence-electron chi connectivity index (χ3n) is 5.40. The Bertz CT molecular complexity index is 1490. The van der Waals surface area contributed by atoms with Crippen LogP contribution >= 0.6 is 23.2 Å². The summed E-state index contributed by atoms with van der Waals surface area (Å²) >= 11 is 12.1. The zero-order valence-corrected chi connectivity index (χ0v) is 20.9. The number of halogens is 4. The predicted molar refractivity (Wildman–Crippen MR) is 139 cm³/mol. The summed E-state index contributed by atoms with van der Waals surface area (Å²) in [6.45, 7) is 0. The van der Waals surface area contributed by atoms with Gasteiger partial charge in [-0.15, -0.1) is 0 Å². The van der Waals surface area contributed by atoms with Crippen LogP contribution in [0.25, 0.3) is 11.1 Å². The summed E-state index contributed by atoms with van der Waals surface area (Å²) in [5, 5.41) is 3.42. The first kappa shape index (κ1) is 26.1. The molecule has 0 atom stereocenters. The molecule has 4 rings (SSSR count). The van der Waals surface area contributed by atoms with Crippen LogP contribution in [0.2, 0.25) is 10.0 Å². The van der Waals surface area contributed by atoms with E-state index in [1.165, 1.54) is 37.4 Å². The molecular formula is C28H19Cl2F2NO4. The zero-order chi connectivity index (χ0) is 26.5. The standard InChI is InChI=1S/C28H19Cl2F2NO4/c1-36-26-5-3-2-4-24(26)33-28(35)21-12-16(20-10-9-19(31)15-23(20)32)7-11-25(21)37-27(34)13-17-6-8-18(29)14-22(17)30/h2-12,14-15H,13H2,1H3,(H,33,35). The van der Waals surface area contributed by atoms with Gasteiger partial charge in [0.15, 0.2) is 0 Å². The van der Waals surface area contributed by atoms with E-state index >= 15 is 0 Å². The van der Waals surface area contributed by atoms with E-state index in [4.69, 9.17) is 32.7 Å². The minimum absolute atomic E-state index is 0.0531. The highest BCUT2D eigenvalue weighted by atomic mass is 35.5. The quantitative estimate of drug-likeness (QED) is 0.196. The van der Waals surface area contributed by atoms with Crippen LogP contribution in [0.4, 0.5) is 14.5 Å². The van der Waals surface area contributed by atoms with E-state index < -0.39 is 23.5 Å². The van der Waals surface area contributed by atoms with Gasteiger partial charge in [-0.05, 0) is 59.7 Å². The van der Waals surface area contributed by atoms with Crippen molar-refractivity contribution >= 4 is 40.8 Å². The minimum Gasteiger partial charge on any atom is -0.495 e. The van der Waals surface area contributed by atoms with Crippen molar-refractivity contribution in [3.05, 3.63) is 112 Å². The lowest BCUT2D eigenvalue weighted by Gasteiger charge is -2.14. The number of nitrogens with one attached hydrogen (secondary N) is 1. The summed E-state index contributed by atoms with van der Waals surface area (Å²) in [5.74, 6) is -2.52. The first-order valence-electron chi connectivity index (χ1n) is 10.9. The van der Waals surface area contributed by atoms with Gasteiger partial charge in [0.1, 0.15) is 23.1 Å². The molecule has 0 saturated heterocycles. The minimum atomic E-state index is -0.807.